The van der Waals surface area contributed by atoms with Gasteiger partial charge in [-0.3, -0.25) is 14.7 Å². The van der Waals surface area contributed by atoms with Gasteiger partial charge in [0.15, 0.2) is 0 Å². The zero-order chi connectivity index (χ0) is 35.9. The van der Waals surface area contributed by atoms with Crippen molar-refractivity contribution in [3.63, 3.8) is 0 Å². The molecule has 0 aromatic carbocycles. The lowest BCUT2D eigenvalue weighted by Crippen LogP contribution is -2.36. The number of hydrogen-bond acceptors (Lipinski definition) is 18. The Hall–Kier alpha value is -4.20. The van der Waals surface area contributed by atoms with E-state index in [1.165, 1.54) is 21.3 Å². The molecule has 1 aromatic heterocycles. The summed E-state index contributed by atoms with van der Waals surface area (Å²) in [5.41, 5.74) is 0.823. The van der Waals surface area contributed by atoms with E-state index >= 15 is 0 Å². The van der Waals surface area contributed by atoms with Crippen molar-refractivity contribution >= 4 is 35.8 Å². The number of aromatic nitrogens is 3. The predicted molar refractivity (Wildman–Crippen MR) is 173 cm³/mol. The molecule has 0 amide bonds. The number of esters is 3. The first kappa shape index (κ1) is 41.8. The third-order valence-electron chi connectivity index (χ3n) is 5.47. The van der Waals surface area contributed by atoms with E-state index < -0.39 is 17.9 Å². The van der Waals surface area contributed by atoms with Gasteiger partial charge >= 0.3 is 17.9 Å². The first-order valence-corrected chi connectivity index (χ1v) is 14.6. The Labute approximate surface area is 281 Å². The molecule has 0 unspecified atom stereocenters. The monoisotopic (exact) mass is 684 g/mol. The molecule has 1 heterocycles. The highest BCUT2D eigenvalue weighted by Crippen LogP contribution is 2.20. The van der Waals surface area contributed by atoms with Crippen LogP contribution in [0, 0.1) is 0 Å². The molecule has 0 aliphatic heterocycles. The van der Waals surface area contributed by atoms with Gasteiger partial charge in [-0.25, -0.2) is 14.4 Å². The van der Waals surface area contributed by atoms with Crippen LogP contribution in [0.15, 0.2) is 36.5 Å². The summed E-state index contributed by atoms with van der Waals surface area (Å²) in [5, 5.41) is 0. The Morgan fingerprint density at radius 3 is 0.938 bits per heavy atom. The summed E-state index contributed by atoms with van der Waals surface area (Å²) >= 11 is 0. The molecule has 0 aliphatic rings. The molecule has 0 atom stereocenters. The van der Waals surface area contributed by atoms with Crippen molar-refractivity contribution in [1.29, 1.82) is 0 Å². The second-order valence-electron chi connectivity index (χ2n) is 9.97. The zero-order valence-electron chi connectivity index (χ0n) is 28.7. The van der Waals surface area contributed by atoms with Crippen LogP contribution in [0.25, 0.3) is 0 Å². The van der Waals surface area contributed by atoms with Crippen molar-refractivity contribution in [2.45, 2.75) is 20.8 Å². The Kier molecular flexibility index (Phi) is 20.9. The Morgan fingerprint density at radius 1 is 0.479 bits per heavy atom. The number of carbonyl (C=O) groups excluding carboxylic acids is 3. The molecule has 0 bridgehead atoms. The first-order valence-electron chi connectivity index (χ1n) is 14.6. The Morgan fingerprint density at radius 2 is 0.729 bits per heavy atom. The molecule has 18 heteroatoms. The van der Waals surface area contributed by atoms with E-state index in [4.69, 9.17) is 42.6 Å². The number of rotatable bonds is 27. The van der Waals surface area contributed by atoms with E-state index in [-0.39, 0.29) is 115 Å². The van der Waals surface area contributed by atoms with Gasteiger partial charge in [0, 0.05) is 38.0 Å². The van der Waals surface area contributed by atoms with Gasteiger partial charge in [-0.05, 0) is 20.8 Å². The SMILES string of the molecule is C=C(C)C(=O)OCCOCN(COC)c1nc(N(COC)COCCOC(=O)C(=C)C)nc(N(COC)COCCOC(=O)C(=C)C)n1. The summed E-state index contributed by atoms with van der Waals surface area (Å²) in [7, 11) is 4.46. The fraction of sp³-hybridized carbons (Fsp3) is 0.600. The molecule has 0 fully saturated rings. The molecule has 0 spiro atoms. The molecule has 270 valence electrons. The van der Waals surface area contributed by atoms with Gasteiger partial charge in [-0.2, -0.15) is 15.0 Å². The molecular formula is C30H48N6O12. The van der Waals surface area contributed by atoms with Crippen molar-refractivity contribution in [1.82, 2.24) is 15.0 Å². The standard InChI is InChI=1S/C30H48N6O12/c1-22(2)25(37)46-13-10-43-19-34(16-40-7)28-31-29(35(17-41-8)20-44-11-14-47-26(38)23(3)4)33-30(32-28)36(18-42-9)21-45-12-15-48-27(39)24(5)6/h1,3,5,10-21H2,2,4,6-9H3. The molecule has 18 nitrogen and oxygen atoms in total. The van der Waals surface area contributed by atoms with Crippen LogP contribution in [0.2, 0.25) is 0 Å². The van der Waals surface area contributed by atoms with Gasteiger partial charge in [-0.15, -0.1) is 0 Å². The summed E-state index contributed by atoms with van der Waals surface area (Å²) < 4.78 is 48.4. The van der Waals surface area contributed by atoms with Crippen LogP contribution in [-0.2, 0) is 57.0 Å². The maximum atomic E-state index is 11.7. The number of hydrogen-bond donors (Lipinski definition) is 0. The Balaban J connectivity index is 3.26. The van der Waals surface area contributed by atoms with Gasteiger partial charge in [0.1, 0.15) is 60.2 Å². The highest BCUT2D eigenvalue weighted by atomic mass is 16.6. The highest BCUT2D eigenvalue weighted by molar-refractivity contribution is 5.87. The molecule has 0 saturated heterocycles. The fourth-order valence-electron chi connectivity index (χ4n) is 3.17. The maximum Gasteiger partial charge on any atom is 0.333 e. The van der Waals surface area contributed by atoms with Crippen LogP contribution in [-0.4, -0.2) is 134 Å². The second-order valence-corrected chi connectivity index (χ2v) is 9.97. The smallest absolute Gasteiger partial charge is 0.333 e. The summed E-state index contributed by atoms with van der Waals surface area (Å²) in [4.78, 5) is 53.5. The predicted octanol–water partition coefficient (Wildman–Crippen LogP) is 1.38. The largest absolute Gasteiger partial charge is 0.460 e. The van der Waals surface area contributed by atoms with Gasteiger partial charge in [-0.1, -0.05) is 19.7 Å². The average Bonchev–Trinajstić information content (AvgIpc) is 3.05. The average molecular weight is 685 g/mol. The minimum absolute atomic E-state index is 0.00148. The van der Waals surface area contributed by atoms with Crippen LogP contribution < -0.4 is 14.7 Å². The minimum Gasteiger partial charge on any atom is -0.460 e. The fourth-order valence-corrected chi connectivity index (χ4v) is 3.17. The number of methoxy groups -OCH3 is 3. The molecule has 48 heavy (non-hydrogen) atoms. The number of ether oxygens (including phenoxy) is 9. The van der Waals surface area contributed by atoms with Gasteiger partial charge in [0.25, 0.3) is 0 Å². The van der Waals surface area contributed by atoms with E-state index in [1.807, 2.05) is 0 Å². The van der Waals surface area contributed by atoms with E-state index in [1.54, 1.807) is 35.5 Å². The minimum atomic E-state index is -0.525. The summed E-state index contributed by atoms with van der Waals surface area (Å²) in [6.07, 6.45) is 0. The normalized spacial score (nSPS) is 10.6. The molecule has 0 radical (unpaired) electrons. The molecular weight excluding hydrogens is 636 g/mol. The number of carbonyl (C=O) groups is 3. The molecule has 0 N–H and O–H groups in total. The lowest BCUT2D eigenvalue weighted by Gasteiger charge is -2.28. The second kappa shape index (κ2) is 24.0. The first-order chi connectivity index (χ1) is 22.9. The molecule has 0 aliphatic carbocycles. The third kappa shape index (κ3) is 16.6. The van der Waals surface area contributed by atoms with Crippen molar-refractivity contribution in [2.75, 3.05) is 116 Å². The van der Waals surface area contributed by atoms with Crippen molar-refractivity contribution in [3.8, 4) is 0 Å². The van der Waals surface area contributed by atoms with Crippen LogP contribution in [0.1, 0.15) is 20.8 Å². The molecule has 1 rings (SSSR count). The quantitative estimate of drug-likeness (QED) is 0.0425. The lowest BCUT2D eigenvalue weighted by molar-refractivity contribution is -0.141. The maximum absolute atomic E-state index is 11.7. The number of anilines is 3. The van der Waals surface area contributed by atoms with E-state index in [0.29, 0.717) is 0 Å². The van der Waals surface area contributed by atoms with Crippen LogP contribution in [0.3, 0.4) is 0 Å². The van der Waals surface area contributed by atoms with E-state index in [2.05, 4.69) is 34.7 Å². The third-order valence-corrected chi connectivity index (χ3v) is 5.47. The van der Waals surface area contributed by atoms with Crippen molar-refractivity contribution < 1.29 is 57.0 Å². The van der Waals surface area contributed by atoms with Gasteiger partial charge in [0.05, 0.1) is 19.8 Å². The van der Waals surface area contributed by atoms with E-state index in [9.17, 15) is 14.4 Å². The van der Waals surface area contributed by atoms with E-state index in [0.717, 1.165) is 0 Å². The summed E-state index contributed by atoms with van der Waals surface area (Å²) in [5.74, 6) is -1.15. The summed E-state index contributed by atoms with van der Waals surface area (Å²) in [6.45, 7) is 15.4. The zero-order valence-corrected chi connectivity index (χ0v) is 28.7. The molecule has 0 saturated carbocycles. The van der Waals surface area contributed by atoms with Crippen LogP contribution >= 0.6 is 0 Å². The van der Waals surface area contributed by atoms with Crippen molar-refractivity contribution in [2.24, 2.45) is 0 Å². The topological polar surface area (TPSA) is 183 Å². The van der Waals surface area contributed by atoms with Gasteiger partial charge < -0.3 is 42.6 Å². The Bertz CT molecular complexity index is 1050. The lowest BCUT2D eigenvalue weighted by atomic mass is 10.4. The van der Waals surface area contributed by atoms with Gasteiger partial charge in [0.2, 0.25) is 17.8 Å². The van der Waals surface area contributed by atoms with Crippen LogP contribution in [0.5, 0.6) is 0 Å². The van der Waals surface area contributed by atoms with Crippen LogP contribution in [0.4, 0.5) is 17.8 Å². The molecule has 1 aromatic rings. The van der Waals surface area contributed by atoms with Crippen molar-refractivity contribution in [3.05, 3.63) is 36.5 Å². The highest BCUT2D eigenvalue weighted by Gasteiger charge is 2.21. The summed E-state index contributed by atoms with van der Waals surface area (Å²) in [6, 6.07) is 0. The number of nitrogens with zero attached hydrogens (tertiary/aromatic N) is 6.